The number of hydrogen-bond acceptors (Lipinski definition) is 2. The number of rotatable bonds is 5. The van der Waals surface area contributed by atoms with Gasteiger partial charge in [0.25, 0.3) is 0 Å². The fraction of sp³-hybridized carbons (Fsp3) is 0.500. The van der Waals surface area contributed by atoms with Gasteiger partial charge in [0.2, 0.25) is 0 Å². The van der Waals surface area contributed by atoms with Crippen LogP contribution in [0.2, 0.25) is 0 Å². The van der Waals surface area contributed by atoms with E-state index in [1.54, 1.807) is 6.20 Å². The van der Waals surface area contributed by atoms with E-state index in [4.69, 9.17) is 12.2 Å². The highest BCUT2D eigenvalue weighted by atomic mass is 32.1. The summed E-state index contributed by atoms with van der Waals surface area (Å²) in [5, 5.41) is 7.13. The quantitative estimate of drug-likeness (QED) is 0.609. The third kappa shape index (κ3) is 4.57. The molecule has 0 spiro atoms. The molecule has 0 saturated heterocycles. The van der Waals surface area contributed by atoms with Gasteiger partial charge in [-0.25, -0.2) is 0 Å². The zero-order chi connectivity index (χ0) is 11.8. The Morgan fingerprint density at radius 3 is 3.00 bits per heavy atom. The lowest BCUT2D eigenvalue weighted by molar-refractivity contribution is 0.680. The molecular formula is C12H19N3S. The van der Waals surface area contributed by atoms with Gasteiger partial charge in [-0.15, -0.1) is 0 Å². The molecule has 3 nitrogen and oxygen atoms in total. The number of aromatic nitrogens is 1. The van der Waals surface area contributed by atoms with Gasteiger partial charge in [-0.05, 0) is 37.2 Å². The molecule has 0 aliphatic rings. The number of pyridine rings is 1. The van der Waals surface area contributed by atoms with Gasteiger partial charge in [0, 0.05) is 18.9 Å². The molecule has 0 aromatic carbocycles. The number of unbranched alkanes of at least 4 members (excludes halogenated alkanes) is 1. The van der Waals surface area contributed by atoms with Crippen LogP contribution in [0.25, 0.3) is 0 Å². The van der Waals surface area contributed by atoms with Gasteiger partial charge < -0.3 is 10.6 Å². The van der Waals surface area contributed by atoms with Crippen molar-refractivity contribution in [1.82, 2.24) is 15.6 Å². The van der Waals surface area contributed by atoms with E-state index >= 15 is 0 Å². The minimum Gasteiger partial charge on any atom is -0.363 e. The molecule has 0 aliphatic heterocycles. The maximum Gasteiger partial charge on any atom is 0.166 e. The fourth-order valence-corrected chi connectivity index (χ4v) is 1.62. The molecule has 0 bridgehead atoms. The van der Waals surface area contributed by atoms with Gasteiger partial charge in [0.05, 0.1) is 6.04 Å². The van der Waals surface area contributed by atoms with Crippen LogP contribution in [0.4, 0.5) is 0 Å². The second-order valence-corrected chi connectivity index (χ2v) is 4.17. The topological polar surface area (TPSA) is 37.0 Å². The van der Waals surface area contributed by atoms with Crippen LogP contribution in [-0.2, 0) is 0 Å². The zero-order valence-electron chi connectivity index (χ0n) is 9.86. The third-order valence-corrected chi connectivity index (χ3v) is 2.61. The largest absolute Gasteiger partial charge is 0.363 e. The smallest absolute Gasteiger partial charge is 0.166 e. The highest BCUT2D eigenvalue weighted by molar-refractivity contribution is 7.80. The van der Waals surface area contributed by atoms with Crippen molar-refractivity contribution >= 4 is 17.3 Å². The number of nitrogens with zero attached hydrogens (tertiary/aromatic N) is 1. The minimum atomic E-state index is 0.190. The Labute approximate surface area is 103 Å². The summed E-state index contributed by atoms with van der Waals surface area (Å²) in [5.74, 6) is 0. The molecule has 1 aromatic heterocycles. The Hall–Kier alpha value is -1.16. The summed E-state index contributed by atoms with van der Waals surface area (Å²) in [6.45, 7) is 5.17. The molecule has 1 rings (SSSR count). The molecule has 0 fully saturated rings. The maximum absolute atomic E-state index is 5.20. The maximum atomic E-state index is 5.20. The molecule has 88 valence electrons. The molecule has 1 heterocycles. The predicted molar refractivity (Wildman–Crippen MR) is 71.3 cm³/mol. The lowest BCUT2D eigenvalue weighted by Gasteiger charge is -2.16. The van der Waals surface area contributed by atoms with Crippen LogP contribution in [0.3, 0.4) is 0 Å². The Morgan fingerprint density at radius 2 is 2.38 bits per heavy atom. The monoisotopic (exact) mass is 237 g/mol. The first-order valence-corrected chi connectivity index (χ1v) is 6.09. The molecule has 1 atom stereocenters. The normalized spacial score (nSPS) is 11.9. The second-order valence-electron chi connectivity index (χ2n) is 3.76. The number of hydrogen-bond donors (Lipinski definition) is 2. The molecule has 0 radical (unpaired) electrons. The van der Waals surface area contributed by atoms with E-state index < -0.39 is 0 Å². The van der Waals surface area contributed by atoms with E-state index in [1.807, 2.05) is 18.3 Å². The van der Waals surface area contributed by atoms with Crippen molar-refractivity contribution in [1.29, 1.82) is 0 Å². The van der Waals surface area contributed by atoms with Crippen molar-refractivity contribution in [3.05, 3.63) is 30.1 Å². The van der Waals surface area contributed by atoms with Gasteiger partial charge in [0.1, 0.15) is 0 Å². The van der Waals surface area contributed by atoms with Crippen LogP contribution in [-0.4, -0.2) is 16.6 Å². The van der Waals surface area contributed by atoms with E-state index in [0.29, 0.717) is 5.11 Å². The van der Waals surface area contributed by atoms with Crippen molar-refractivity contribution in [3.63, 3.8) is 0 Å². The Bertz CT molecular complexity index is 313. The molecule has 0 amide bonds. The molecule has 2 N–H and O–H groups in total. The molecular weight excluding hydrogens is 218 g/mol. The number of nitrogens with one attached hydrogen (secondary N) is 2. The second kappa shape index (κ2) is 7.17. The SMILES string of the molecule is CCCCNC(=S)NC(C)c1cccnc1. The van der Waals surface area contributed by atoms with E-state index in [2.05, 4.69) is 29.5 Å². The highest BCUT2D eigenvalue weighted by Crippen LogP contribution is 2.09. The van der Waals surface area contributed by atoms with Crippen molar-refractivity contribution in [2.45, 2.75) is 32.7 Å². The van der Waals surface area contributed by atoms with Gasteiger partial charge in [-0.3, -0.25) is 4.98 Å². The van der Waals surface area contributed by atoms with E-state index in [0.717, 1.165) is 18.5 Å². The van der Waals surface area contributed by atoms with Crippen LogP contribution in [0.1, 0.15) is 38.3 Å². The highest BCUT2D eigenvalue weighted by Gasteiger charge is 2.05. The molecule has 1 unspecified atom stereocenters. The first-order chi connectivity index (χ1) is 7.74. The van der Waals surface area contributed by atoms with Crippen LogP contribution in [0.15, 0.2) is 24.5 Å². The summed E-state index contributed by atoms with van der Waals surface area (Å²) in [5.41, 5.74) is 1.14. The lowest BCUT2D eigenvalue weighted by Crippen LogP contribution is -2.37. The predicted octanol–water partition coefficient (Wildman–Crippen LogP) is 2.41. The summed E-state index contributed by atoms with van der Waals surface area (Å²) < 4.78 is 0. The average Bonchev–Trinajstić information content (AvgIpc) is 2.30. The zero-order valence-corrected chi connectivity index (χ0v) is 10.7. The first-order valence-electron chi connectivity index (χ1n) is 5.68. The molecule has 0 saturated carbocycles. The van der Waals surface area contributed by atoms with Crippen molar-refractivity contribution in [3.8, 4) is 0 Å². The van der Waals surface area contributed by atoms with Crippen LogP contribution in [0, 0.1) is 0 Å². The fourth-order valence-electron chi connectivity index (χ4n) is 1.34. The summed E-state index contributed by atoms with van der Waals surface area (Å²) in [4.78, 5) is 4.08. The summed E-state index contributed by atoms with van der Waals surface area (Å²) >= 11 is 5.20. The van der Waals surface area contributed by atoms with Gasteiger partial charge in [-0.2, -0.15) is 0 Å². The number of thiocarbonyl (C=S) groups is 1. The Kier molecular flexibility index (Phi) is 5.78. The van der Waals surface area contributed by atoms with Gasteiger partial charge >= 0.3 is 0 Å². The first kappa shape index (κ1) is 12.9. The average molecular weight is 237 g/mol. The van der Waals surface area contributed by atoms with Gasteiger partial charge in [0.15, 0.2) is 5.11 Å². The van der Waals surface area contributed by atoms with Crippen molar-refractivity contribution < 1.29 is 0 Å². The lowest BCUT2D eigenvalue weighted by atomic mass is 10.1. The van der Waals surface area contributed by atoms with E-state index in [1.165, 1.54) is 6.42 Å². The summed E-state index contributed by atoms with van der Waals surface area (Å²) in [6.07, 6.45) is 5.94. The molecule has 1 aromatic rings. The standard InChI is InChI=1S/C12H19N3S/c1-3-4-8-14-12(16)15-10(2)11-6-5-7-13-9-11/h5-7,9-10H,3-4,8H2,1-2H3,(H2,14,15,16). The van der Waals surface area contributed by atoms with Crippen LogP contribution in [0.5, 0.6) is 0 Å². The molecule has 0 aliphatic carbocycles. The summed E-state index contributed by atoms with van der Waals surface area (Å²) in [7, 11) is 0. The van der Waals surface area contributed by atoms with E-state index in [-0.39, 0.29) is 6.04 Å². The van der Waals surface area contributed by atoms with Crippen LogP contribution >= 0.6 is 12.2 Å². The van der Waals surface area contributed by atoms with Crippen molar-refractivity contribution in [2.24, 2.45) is 0 Å². The van der Waals surface area contributed by atoms with E-state index in [9.17, 15) is 0 Å². The molecule has 4 heteroatoms. The minimum absolute atomic E-state index is 0.190. The Morgan fingerprint density at radius 1 is 1.56 bits per heavy atom. The summed E-state index contributed by atoms with van der Waals surface area (Å²) in [6, 6.07) is 4.16. The van der Waals surface area contributed by atoms with Crippen LogP contribution < -0.4 is 10.6 Å². The van der Waals surface area contributed by atoms with Crippen molar-refractivity contribution in [2.75, 3.05) is 6.54 Å². The van der Waals surface area contributed by atoms with Gasteiger partial charge in [-0.1, -0.05) is 19.4 Å². The third-order valence-electron chi connectivity index (χ3n) is 2.35. The molecule has 16 heavy (non-hydrogen) atoms. The Balaban J connectivity index is 2.34.